The molecule has 2 aromatic rings. The van der Waals surface area contributed by atoms with Crippen molar-refractivity contribution in [2.24, 2.45) is 5.92 Å². The minimum absolute atomic E-state index is 0.0544. The average Bonchev–Trinajstić information content (AvgIpc) is 3.14. The van der Waals surface area contributed by atoms with Gasteiger partial charge in [0.25, 0.3) is 0 Å². The van der Waals surface area contributed by atoms with E-state index in [2.05, 4.69) is 5.32 Å². The van der Waals surface area contributed by atoms with Gasteiger partial charge in [0.15, 0.2) is 0 Å². The molecular weight excluding hydrogens is 315 g/mol. The molecule has 2 aromatic carbocycles. The Morgan fingerprint density at radius 3 is 2.48 bits per heavy atom. The van der Waals surface area contributed by atoms with E-state index in [4.69, 9.17) is 0 Å². The fraction of sp³-hybridized carbons (Fsp3) is 0.381. The van der Waals surface area contributed by atoms with Crippen molar-refractivity contribution >= 4 is 5.91 Å². The topological polar surface area (TPSA) is 32.3 Å². The van der Waals surface area contributed by atoms with Crippen LogP contribution >= 0.6 is 0 Å². The van der Waals surface area contributed by atoms with Gasteiger partial charge in [0.1, 0.15) is 5.82 Å². The molecule has 0 spiro atoms. The first-order valence-corrected chi connectivity index (χ1v) is 8.92. The normalized spacial score (nSPS) is 17.0. The molecule has 1 atom stereocenters. The molecule has 1 N–H and O–H groups in total. The van der Waals surface area contributed by atoms with Crippen LogP contribution in [0.25, 0.3) is 11.1 Å². The van der Waals surface area contributed by atoms with Crippen LogP contribution in [0.2, 0.25) is 0 Å². The zero-order valence-corrected chi connectivity index (χ0v) is 14.8. The summed E-state index contributed by atoms with van der Waals surface area (Å²) in [6.07, 6.45) is 0.959. The molecule has 3 nitrogen and oxygen atoms in total. The van der Waals surface area contributed by atoms with E-state index in [1.54, 1.807) is 12.1 Å². The van der Waals surface area contributed by atoms with Crippen molar-refractivity contribution in [1.82, 2.24) is 10.2 Å². The van der Waals surface area contributed by atoms with Crippen LogP contribution in [-0.2, 0) is 11.3 Å². The van der Waals surface area contributed by atoms with Gasteiger partial charge >= 0.3 is 0 Å². The Hall–Kier alpha value is -2.20. The van der Waals surface area contributed by atoms with Crippen LogP contribution in [0, 0.1) is 11.7 Å². The summed E-state index contributed by atoms with van der Waals surface area (Å²) in [5, 5.41) is 3.33. The third-order valence-corrected chi connectivity index (χ3v) is 4.77. The lowest BCUT2D eigenvalue weighted by Crippen LogP contribution is -2.43. The third-order valence-electron chi connectivity index (χ3n) is 4.77. The summed E-state index contributed by atoms with van der Waals surface area (Å²) in [7, 11) is 0. The van der Waals surface area contributed by atoms with E-state index in [1.165, 1.54) is 6.07 Å². The molecule has 1 heterocycles. The van der Waals surface area contributed by atoms with Crippen molar-refractivity contribution < 1.29 is 9.18 Å². The van der Waals surface area contributed by atoms with Crippen molar-refractivity contribution in [2.75, 3.05) is 13.1 Å². The van der Waals surface area contributed by atoms with Crippen molar-refractivity contribution in [3.63, 3.8) is 0 Å². The Morgan fingerprint density at radius 2 is 1.84 bits per heavy atom. The Kier molecular flexibility index (Phi) is 5.49. The predicted octanol–water partition coefficient (Wildman–Crippen LogP) is 3.84. The summed E-state index contributed by atoms with van der Waals surface area (Å²) in [5.41, 5.74) is 2.42. The van der Waals surface area contributed by atoms with Gasteiger partial charge in [-0.05, 0) is 30.2 Å². The molecule has 25 heavy (non-hydrogen) atoms. The van der Waals surface area contributed by atoms with Gasteiger partial charge in [0.2, 0.25) is 5.91 Å². The average molecular weight is 340 g/mol. The summed E-state index contributed by atoms with van der Waals surface area (Å²) in [6, 6.07) is 14.8. The van der Waals surface area contributed by atoms with E-state index in [9.17, 15) is 9.18 Å². The summed E-state index contributed by atoms with van der Waals surface area (Å²) in [4.78, 5) is 14.7. The zero-order valence-electron chi connectivity index (χ0n) is 14.8. The number of hydrogen-bond acceptors (Lipinski definition) is 2. The number of amides is 1. The predicted molar refractivity (Wildman–Crippen MR) is 98.5 cm³/mol. The van der Waals surface area contributed by atoms with Crippen LogP contribution < -0.4 is 5.32 Å². The Morgan fingerprint density at radius 1 is 1.16 bits per heavy atom. The number of rotatable bonds is 5. The Labute approximate surface area is 148 Å². The number of halogens is 1. The standard InChI is InChI=1S/C21H25FN2O/c1-15(2)21(25)24(17-11-12-23-13-17)14-16-7-3-4-8-18(16)19-9-5-6-10-20(19)22/h3-10,15,17,23H,11-14H2,1-2H3/t17-/m0/s1. The molecule has 3 rings (SSSR count). The number of nitrogens with zero attached hydrogens (tertiary/aromatic N) is 1. The minimum atomic E-state index is -0.237. The molecule has 0 aliphatic carbocycles. The summed E-state index contributed by atoms with van der Waals surface area (Å²) in [6.45, 7) is 6.12. The molecule has 0 radical (unpaired) electrons. The number of carbonyl (C=O) groups excluding carboxylic acids is 1. The van der Waals surface area contributed by atoms with Gasteiger partial charge in [-0.25, -0.2) is 4.39 Å². The number of hydrogen-bond donors (Lipinski definition) is 1. The second kappa shape index (κ2) is 7.79. The monoisotopic (exact) mass is 340 g/mol. The molecule has 1 aliphatic rings. The molecule has 1 aliphatic heterocycles. The first-order chi connectivity index (χ1) is 12.1. The van der Waals surface area contributed by atoms with Gasteiger partial charge in [-0.15, -0.1) is 0 Å². The van der Waals surface area contributed by atoms with Crippen LogP contribution in [0.3, 0.4) is 0 Å². The summed E-state index contributed by atoms with van der Waals surface area (Å²) < 4.78 is 14.3. The number of carbonyl (C=O) groups is 1. The highest BCUT2D eigenvalue weighted by Gasteiger charge is 2.28. The third kappa shape index (κ3) is 3.90. The lowest BCUT2D eigenvalue weighted by Gasteiger charge is -2.31. The summed E-state index contributed by atoms with van der Waals surface area (Å²) >= 11 is 0. The maximum Gasteiger partial charge on any atom is 0.225 e. The van der Waals surface area contributed by atoms with Crippen molar-refractivity contribution in [2.45, 2.75) is 32.9 Å². The van der Waals surface area contributed by atoms with E-state index in [1.807, 2.05) is 49.1 Å². The van der Waals surface area contributed by atoms with Crippen LogP contribution in [0.5, 0.6) is 0 Å². The molecule has 1 saturated heterocycles. The summed E-state index contributed by atoms with van der Waals surface area (Å²) in [5.74, 6) is -0.141. The first kappa shape index (κ1) is 17.6. The smallest absolute Gasteiger partial charge is 0.225 e. The second-order valence-corrected chi connectivity index (χ2v) is 6.90. The van der Waals surface area contributed by atoms with Crippen LogP contribution in [-0.4, -0.2) is 29.9 Å². The van der Waals surface area contributed by atoms with E-state index >= 15 is 0 Å². The van der Waals surface area contributed by atoms with Crippen molar-refractivity contribution in [3.8, 4) is 11.1 Å². The van der Waals surface area contributed by atoms with Crippen molar-refractivity contribution in [1.29, 1.82) is 0 Å². The lowest BCUT2D eigenvalue weighted by atomic mass is 9.98. The lowest BCUT2D eigenvalue weighted by molar-refractivity contribution is -0.137. The molecule has 132 valence electrons. The molecule has 1 fully saturated rings. The minimum Gasteiger partial charge on any atom is -0.334 e. The molecule has 0 aromatic heterocycles. The number of nitrogens with one attached hydrogen (secondary N) is 1. The van der Waals surface area contributed by atoms with Gasteiger partial charge in [-0.3, -0.25) is 4.79 Å². The van der Waals surface area contributed by atoms with Crippen molar-refractivity contribution in [3.05, 3.63) is 59.9 Å². The quantitative estimate of drug-likeness (QED) is 0.897. The molecule has 0 saturated carbocycles. The maximum atomic E-state index is 14.3. The highest BCUT2D eigenvalue weighted by molar-refractivity contribution is 5.79. The molecular formula is C21H25FN2O. The maximum absolute atomic E-state index is 14.3. The highest BCUT2D eigenvalue weighted by atomic mass is 19.1. The van der Waals surface area contributed by atoms with E-state index in [0.717, 1.165) is 30.6 Å². The van der Waals surface area contributed by atoms with E-state index in [0.29, 0.717) is 12.1 Å². The van der Waals surface area contributed by atoms with E-state index in [-0.39, 0.29) is 23.7 Å². The Balaban J connectivity index is 1.95. The molecule has 4 heteroatoms. The highest BCUT2D eigenvalue weighted by Crippen LogP contribution is 2.28. The Bertz CT molecular complexity index is 738. The van der Waals surface area contributed by atoms with Crippen LogP contribution in [0.4, 0.5) is 4.39 Å². The van der Waals surface area contributed by atoms with Gasteiger partial charge < -0.3 is 10.2 Å². The fourth-order valence-corrected chi connectivity index (χ4v) is 3.41. The first-order valence-electron chi connectivity index (χ1n) is 8.92. The van der Waals surface area contributed by atoms with Gasteiger partial charge in [0, 0.05) is 30.6 Å². The van der Waals surface area contributed by atoms with Gasteiger partial charge in [-0.2, -0.15) is 0 Å². The second-order valence-electron chi connectivity index (χ2n) is 6.90. The molecule has 0 unspecified atom stereocenters. The van der Waals surface area contributed by atoms with Crippen LogP contribution in [0.1, 0.15) is 25.8 Å². The van der Waals surface area contributed by atoms with Gasteiger partial charge in [0.05, 0.1) is 0 Å². The molecule has 1 amide bonds. The van der Waals surface area contributed by atoms with E-state index < -0.39 is 0 Å². The molecule has 0 bridgehead atoms. The zero-order chi connectivity index (χ0) is 17.8. The van der Waals surface area contributed by atoms with Crippen LogP contribution in [0.15, 0.2) is 48.5 Å². The fourth-order valence-electron chi connectivity index (χ4n) is 3.41. The number of benzene rings is 2. The van der Waals surface area contributed by atoms with Gasteiger partial charge in [-0.1, -0.05) is 56.3 Å². The SMILES string of the molecule is CC(C)C(=O)N(Cc1ccccc1-c1ccccc1F)[C@H]1CCNC1. The largest absolute Gasteiger partial charge is 0.334 e.